The summed E-state index contributed by atoms with van der Waals surface area (Å²) in [7, 11) is 0. The highest BCUT2D eigenvalue weighted by Crippen LogP contribution is 2.21. The van der Waals surface area contributed by atoms with Crippen molar-refractivity contribution in [3.8, 4) is 0 Å². The molecule has 2 aromatic rings. The highest BCUT2D eigenvalue weighted by Gasteiger charge is 2.07. The smallest absolute Gasteiger partial charge is 0.146 e. The summed E-state index contributed by atoms with van der Waals surface area (Å²) in [4.78, 5) is 0. The summed E-state index contributed by atoms with van der Waals surface area (Å²) in [6.45, 7) is 0.145. The van der Waals surface area contributed by atoms with Gasteiger partial charge in [0, 0.05) is 17.1 Å². The molecule has 88 valence electrons. The lowest BCUT2D eigenvalue weighted by Crippen LogP contribution is -2.04. The normalized spacial score (nSPS) is 10.3. The predicted octanol–water partition coefficient (Wildman–Crippen LogP) is 4.23. The van der Waals surface area contributed by atoms with Crippen LogP contribution in [0.5, 0.6) is 0 Å². The van der Waals surface area contributed by atoms with Gasteiger partial charge in [0.2, 0.25) is 0 Å². The number of benzene rings is 2. The fourth-order valence-electron chi connectivity index (χ4n) is 1.49. The number of hydrogen-bond acceptors (Lipinski definition) is 1. The summed E-state index contributed by atoms with van der Waals surface area (Å²) in [5, 5.41) is 3.14. The molecular formula is C13H10ClF2N. The van der Waals surface area contributed by atoms with Gasteiger partial charge in [-0.25, -0.2) is 8.78 Å². The first-order chi connectivity index (χ1) is 8.18. The average molecular weight is 254 g/mol. The van der Waals surface area contributed by atoms with Crippen LogP contribution in [0.25, 0.3) is 0 Å². The summed E-state index contributed by atoms with van der Waals surface area (Å²) in [5.41, 5.74) is 0.657. The topological polar surface area (TPSA) is 12.0 Å². The Bertz CT molecular complexity index is 508. The molecule has 0 unspecified atom stereocenters. The molecule has 4 heteroatoms. The van der Waals surface area contributed by atoms with Gasteiger partial charge < -0.3 is 5.32 Å². The molecule has 0 spiro atoms. The van der Waals surface area contributed by atoms with E-state index in [1.54, 1.807) is 24.3 Å². The van der Waals surface area contributed by atoms with Crippen molar-refractivity contribution in [3.05, 3.63) is 64.7 Å². The molecule has 0 heterocycles. The van der Waals surface area contributed by atoms with Crippen molar-refractivity contribution in [2.24, 2.45) is 0 Å². The third kappa shape index (κ3) is 2.74. The minimum absolute atomic E-state index is 0.145. The third-order valence-electron chi connectivity index (χ3n) is 2.39. The molecule has 0 fully saturated rings. The van der Waals surface area contributed by atoms with Gasteiger partial charge in [0.05, 0.1) is 5.69 Å². The first kappa shape index (κ1) is 11.9. The first-order valence-electron chi connectivity index (χ1n) is 5.10. The quantitative estimate of drug-likeness (QED) is 0.863. The molecule has 0 bridgehead atoms. The van der Waals surface area contributed by atoms with E-state index in [1.807, 2.05) is 0 Å². The summed E-state index contributed by atoms with van der Waals surface area (Å²) in [6, 6.07) is 10.7. The molecule has 0 aliphatic carbocycles. The molecule has 1 nitrogen and oxygen atoms in total. The van der Waals surface area contributed by atoms with Gasteiger partial charge in [0.25, 0.3) is 0 Å². The molecule has 0 radical (unpaired) electrons. The molecule has 2 aromatic carbocycles. The molecule has 0 amide bonds. The van der Waals surface area contributed by atoms with Gasteiger partial charge in [0.15, 0.2) is 0 Å². The molecule has 0 saturated carbocycles. The Labute approximate surface area is 103 Å². The lowest BCUT2D eigenvalue weighted by Gasteiger charge is -2.09. The standard InChI is InChI=1S/C13H10ClF2N/c14-10-4-3-6-11(15)9(10)8-17-13-7-2-1-5-12(13)16/h1-7,17H,8H2. The van der Waals surface area contributed by atoms with Crippen molar-refractivity contribution in [2.75, 3.05) is 5.32 Å². The van der Waals surface area contributed by atoms with E-state index in [9.17, 15) is 8.78 Å². The molecule has 0 saturated heterocycles. The van der Waals surface area contributed by atoms with E-state index in [2.05, 4.69) is 5.32 Å². The fraction of sp³-hybridized carbons (Fsp3) is 0.0769. The van der Waals surface area contributed by atoms with Crippen LogP contribution in [-0.4, -0.2) is 0 Å². The van der Waals surface area contributed by atoms with Crippen LogP contribution < -0.4 is 5.32 Å². The lowest BCUT2D eigenvalue weighted by atomic mass is 10.2. The monoisotopic (exact) mass is 253 g/mol. The summed E-state index contributed by atoms with van der Waals surface area (Å²) in [6.07, 6.45) is 0. The SMILES string of the molecule is Fc1ccccc1NCc1c(F)cccc1Cl. The Kier molecular flexibility index (Phi) is 3.59. The fourth-order valence-corrected chi connectivity index (χ4v) is 1.72. The van der Waals surface area contributed by atoms with E-state index in [4.69, 9.17) is 11.6 Å². The number of nitrogens with one attached hydrogen (secondary N) is 1. The van der Waals surface area contributed by atoms with E-state index in [0.717, 1.165) is 0 Å². The zero-order valence-electron chi connectivity index (χ0n) is 8.88. The van der Waals surface area contributed by atoms with Crippen molar-refractivity contribution >= 4 is 17.3 Å². The average Bonchev–Trinajstić information content (AvgIpc) is 2.30. The second kappa shape index (κ2) is 5.15. The van der Waals surface area contributed by atoms with Gasteiger partial charge in [-0.15, -0.1) is 0 Å². The van der Waals surface area contributed by atoms with E-state index in [-0.39, 0.29) is 12.4 Å². The maximum absolute atomic E-state index is 13.4. The maximum atomic E-state index is 13.4. The Morgan fingerprint density at radius 1 is 0.941 bits per heavy atom. The molecular weight excluding hydrogens is 244 g/mol. The summed E-state index contributed by atoms with van der Waals surface area (Å²) in [5.74, 6) is -0.777. The predicted molar refractivity (Wildman–Crippen MR) is 65.1 cm³/mol. The Hall–Kier alpha value is -1.61. The number of anilines is 1. The number of hydrogen-bond donors (Lipinski definition) is 1. The van der Waals surface area contributed by atoms with Crippen molar-refractivity contribution in [3.63, 3.8) is 0 Å². The maximum Gasteiger partial charge on any atom is 0.146 e. The van der Waals surface area contributed by atoms with E-state index >= 15 is 0 Å². The Balaban J connectivity index is 2.16. The Morgan fingerprint density at radius 2 is 1.65 bits per heavy atom. The zero-order chi connectivity index (χ0) is 12.3. The minimum atomic E-state index is -0.402. The first-order valence-corrected chi connectivity index (χ1v) is 5.47. The van der Waals surface area contributed by atoms with Gasteiger partial charge in [-0.1, -0.05) is 29.8 Å². The molecule has 0 aliphatic rings. The lowest BCUT2D eigenvalue weighted by molar-refractivity contribution is 0.610. The van der Waals surface area contributed by atoms with Gasteiger partial charge in [0.1, 0.15) is 11.6 Å². The van der Waals surface area contributed by atoms with E-state index < -0.39 is 5.82 Å². The van der Waals surface area contributed by atoms with Gasteiger partial charge in [-0.2, -0.15) is 0 Å². The van der Waals surface area contributed by atoms with Crippen LogP contribution in [0.1, 0.15) is 5.56 Å². The number of para-hydroxylation sites is 1. The van der Waals surface area contributed by atoms with Gasteiger partial charge in [-0.3, -0.25) is 0 Å². The molecule has 0 aliphatic heterocycles. The summed E-state index contributed by atoms with van der Waals surface area (Å²) < 4.78 is 26.7. The summed E-state index contributed by atoms with van der Waals surface area (Å²) >= 11 is 5.86. The highest BCUT2D eigenvalue weighted by atomic mass is 35.5. The van der Waals surface area contributed by atoms with Crippen molar-refractivity contribution in [1.29, 1.82) is 0 Å². The van der Waals surface area contributed by atoms with Crippen LogP contribution in [0.3, 0.4) is 0 Å². The van der Waals surface area contributed by atoms with Gasteiger partial charge >= 0.3 is 0 Å². The molecule has 0 aromatic heterocycles. The zero-order valence-corrected chi connectivity index (χ0v) is 9.64. The van der Waals surface area contributed by atoms with Crippen molar-refractivity contribution in [2.45, 2.75) is 6.54 Å². The van der Waals surface area contributed by atoms with E-state index in [0.29, 0.717) is 16.3 Å². The van der Waals surface area contributed by atoms with E-state index in [1.165, 1.54) is 18.2 Å². The largest absolute Gasteiger partial charge is 0.378 e. The van der Waals surface area contributed by atoms with Crippen LogP contribution in [0.4, 0.5) is 14.5 Å². The highest BCUT2D eigenvalue weighted by molar-refractivity contribution is 6.31. The molecule has 17 heavy (non-hydrogen) atoms. The second-order valence-corrected chi connectivity index (χ2v) is 3.94. The van der Waals surface area contributed by atoms with Crippen LogP contribution in [0.2, 0.25) is 5.02 Å². The minimum Gasteiger partial charge on any atom is -0.378 e. The van der Waals surface area contributed by atoms with Crippen molar-refractivity contribution < 1.29 is 8.78 Å². The van der Waals surface area contributed by atoms with Gasteiger partial charge in [-0.05, 0) is 24.3 Å². The Morgan fingerprint density at radius 3 is 2.35 bits per heavy atom. The van der Waals surface area contributed by atoms with Crippen molar-refractivity contribution in [1.82, 2.24) is 0 Å². The number of rotatable bonds is 3. The second-order valence-electron chi connectivity index (χ2n) is 3.53. The van der Waals surface area contributed by atoms with Crippen LogP contribution >= 0.6 is 11.6 Å². The molecule has 1 N–H and O–H groups in total. The molecule has 2 rings (SSSR count). The third-order valence-corrected chi connectivity index (χ3v) is 2.75. The van der Waals surface area contributed by atoms with Crippen LogP contribution in [0, 0.1) is 11.6 Å². The molecule has 0 atom stereocenters. The van der Waals surface area contributed by atoms with Crippen LogP contribution in [0.15, 0.2) is 42.5 Å². The number of halogens is 3. The van der Waals surface area contributed by atoms with Crippen LogP contribution in [-0.2, 0) is 6.54 Å².